The molecule has 0 spiro atoms. The lowest BCUT2D eigenvalue weighted by atomic mass is 9.85. The van der Waals surface area contributed by atoms with E-state index in [-0.39, 0.29) is 5.41 Å². The maximum atomic E-state index is 9.72. The van der Waals surface area contributed by atoms with Gasteiger partial charge in [-0.05, 0) is 22.6 Å². The zero-order valence-corrected chi connectivity index (χ0v) is 9.58. The van der Waals surface area contributed by atoms with Crippen LogP contribution in [-0.4, -0.2) is 17.8 Å². The van der Waals surface area contributed by atoms with E-state index in [2.05, 4.69) is 26.8 Å². The van der Waals surface area contributed by atoms with Crippen molar-refractivity contribution >= 4 is 0 Å². The molecule has 2 nitrogen and oxygen atoms in total. The van der Waals surface area contributed by atoms with Crippen LogP contribution in [0.5, 0.6) is 5.75 Å². The summed E-state index contributed by atoms with van der Waals surface area (Å²) in [5, 5.41) is 9.72. The van der Waals surface area contributed by atoms with E-state index in [0.717, 1.165) is 18.6 Å². The smallest absolute Gasteiger partial charge is 0.118 e. The predicted octanol–water partition coefficient (Wildman–Crippen LogP) is 2.63. The third-order valence-corrected chi connectivity index (χ3v) is 2.80. The standard InChI is InChI=1S/C13H18O2/c1-13(2,3)10-4-5-12(14)9(6-10)7-11-8-15-11/h4-6,11,14H,7-8H2,1-3H3. The molecule has 1 aliphatic rings. The molecular weight excluding hydrogens is 188 g/mol. The molecule has 1 saturated heterocycles. The highest BCUT2D eigenvalue weighted by Crippen LogP contribution is 2.29. The quantitative estimate of drug-likeness (QED) is 0.754. The molecule has 82 valence electrons. The van der Waals surface area contributed by atoms with Gasteiger partial charge >= 0.3 is 0 Å². The van der Waals surface area contributed by atoms with Gasteiger partial charge in [0.25, 0.3) is 0 Å². The first-order valence-electron chi connectivity index (χ1n) is 5.41. The van der Waals surface area contributed by atoms with Crippen LogP contribution in [0.3, 0.4) is 0 Å². The zero-order chi connectivity index (χ0) is 11.1. The highest BCUT2D eigenvalue weighted by molar-refractivity contribution is 5.39. The van der Waals surface area contributed by atoms with Gasteiger partial charge in [-0.15, -0.1) is 0 Å². The van der Waals surface area contributed by atoms with E-state index in [1.54, 1.807) is 6.07 Å². The summed E-state index contributed by atoms with van der Waals surface area (Å²) in [5.41, 5.74) is 2.40. The predicted molar refractivity (Wildman–Crippen MR) is 60.3 cm³/mol. The molecule has 1 heterocycles. The maximum absolute atomic E-state index is 9.72. The zero-order valence-electron chi connectivity index (χ0n) is 9.58. The highest BCUT2D eigenvalue weighted by atomic mass is 16.6. The van der Waals surface area contributed by atoms with E-state index in [1.807, 2.05) is 6.07 Å². The van der Waals surface area contributed by atoms with Crippen LogP contribution in [0.25, 0.3) is 0 Å². The van der Waals surface area contributed by atoms with Crippen molar-refractivity contribution in [3.05, 3.63) is 29.3 Å². The van der Waals surface area contributed by atoms with Crippen LogP contribution in [0.15, 0.2) is 18.2 Å². The fourth-order valence-corrected chi connectivity index (χ4v) is 1.65. The first-order chi connectivity index (χ1) is 6.97. The lowest BCUT2D eigenvalue weighted by Gasteiger charge is -2.20. The number of hydrogen-bond donors (Lipinski definition) is 1. The molecule has 1 aromatic carbocycles. The van der Waals surface area contributed by atoms with Gasteiger partial charge in [-0.25, -0.2) is 0 Å². The second-order valence-corrected chi connectivity index (χ2v) is 5.25. The highest BCUT2D eigenvalue weighted by Gasteiger charge is 2.25. The molecular formula is C13H18O2. The van der Waals surface area contributed by atoms with Crippen LogP contribution in [0, 0.1) is 0 Å². The average Bonchev–Trinajstić information content (AvgIpc) is 2.90. The van der Waals surface area contributed by atoms with Gasteiger partial charge in [0, 0.05) is 6.42 Å². The van der Waals surface area contributed by atoms with Gasteiger partial charge in [0.15, 0.2) is 0 Å². The molecule has 1 atom stereocenters. The Kier molecular flexibility index (Phi) is 2.47. The number of benzene rings is 1. The number of rotatable bonds is 2. The van der Waals surface area contributed by atoms with Crippen LogP contribution in [0.1, 0.15) is 31.9 Å². The summed E-state index contributed by atoms with van der Waals surface area (Å²) in [6, 6.07) is 5.88. The molecule has 1 fully saturated rings. The molecule has 0 bridgehead atoms. The number of phenolic OH excluding ortho intramolecular Hbond substituents is 1. The molecule has 1 unspecified atom stereocenters. The fourth-order valence-electron chi connectivity index (χ4n) is 1.65. The minimum absolute atomic E-state index is 0.132. The van der Waals surface area contributed by atoms with Crippen LogP contribution in [0.4, 0.5) is 0 Å². The molecule has 0 saturated carbocycles. The number of phenols is 1. The van der Waals surface area contributed by atoms with E-state index >= 15 is 0 Å². The van der Waals surface area contributed by atoms with Crippen LogP contribution < -0.4 is 0 Å². The third-order valence-electron chi connectivity index (χ3n) is 2.80. The molecule has 15 heavy (non-hydrogen) atoms. The Labute approximate surface area is 90.9 Å². The van der Waals surface area contributed by atoms with Gasteiger partial charge in [-0.2, -0.15) is 0 Å². The van der Waals surface area contributed by atoms with Crippen molar-refractivity contribution in [1.82, 2.24) is 0 Å². The van der Waals surface area contributed by atoms with Gasteiger partial charge in [0.1, 0.15) is 5.75 Å². The van der Waals surface area contributed by atoms with Crippen LogP contribution in [0.2, 0.25) is 0 Å². The Bertz CT molecular complexity index is 359. The van der Waals surface area contributed by atoms with Gasteiger partial charge in [-0.3, -0.25) is 0 Å². The van der Waals surface area contributed by atoms with Crippen molar-refractivity contribution in [3.8, 4) is 5.75 Å². The Morgan fingerprint density at radius 3 is 2.60 bits per heavy atom. The van der Waals surface area contributed by atoms with Gasteiger partial charge in [0.05, 0.1) is 12.7 Å². The van der Waals surface area contributed by atoms with E-state index < -0.39 is 0 Å². The van der Waals surface area contributed by atoms with Crippen LogP contribution in [-0.2, 0) is 16.6 Å². The number of aromatic hydroxyl groups is 1. The Balaban J connectivity index is 2.27. The van der Waals surface area contributed by atoms with Crippen molar-refractivity contribution in [3.63, 3.8) is 0 Å². The van der Waals surface area contributed by atoms with Gasteiger partial charge < -0.3 is 9.84 Å². The summed E-state index contributed by atoms with van der Waals surface area (Å²) in [6.07, 6.45) is 1.15. The summed E-state index contributed by atoms with van der Waals surface area (Å²) < 4.78 is 5.18. The Hall–Kier alpha value is -1.02. The van der Waals surface area contributed by atoms with Crippen molar-refractivity contribution in [2.75, 3.05) is 6.61 Å². The average molecular weight is 206 g/mol. The van der Waals surface area contributed by atoms with E-state index in [0.29, 0.717) is 11.9 Å². The van der Waals surface area contributed by atoms with E-state index in [4.69, 9.17) is 4.74 Å². The molecule has 1 aliphatic heterocycles. The molecule has 1 aromatic rings. The monoisotopic (exact) mass is 206 g/mol. The fraction of sp³-hybridized carbons (Fsp3) is 0.538. The minimum Gasteiger partial charge on any atom is -0.508 e. The third kappa shape index (κ3) is 2.51. The lowest BCUT2D eigenvalue weighted by Crippen LogP contribution is -2.11. The first-order valence-corrected chi connectivity index (χ1v) is 5.41. The maximum Gasteiger partial charge on any atom is 0.118 e. The number of hydrogen-bond acceptors (Lipinski definition) is 2. The molecule has 2 rings (SSSR count). The summed E-state index contributed by atoms with van der Waals surface area (Å²) in [6.45, 7) is 7.36. The molecule has 1 N–H and O–H groups in total. The summed E-state index contributed by atoms with van der Waals surface area (Å²) >= 11 is 0. The first kappa shape index (κ1) is 10.5. The summed E-state index contributed by atoms with van der Waals surface area (Å²) in [4.78, 5) is 0. The summed E-state index contributed by atoms with van der Waals surface area (Å²) in [5.74, 6) is 0.388. The van der Waals surface area contributed by atoms with Gasteiger partial charge in [0.2, 0.25) is 0 Å². The van der Waals surface area contributed by atoms with Gasteiger partial charge in [-0.1, -0.05) is 32.9 Å². The molecule has 0 radical (unpaired) electrons. The van der Waals surface area contributed by atoms with E-state index in [1.165, 1.54) is 5.56 Å². The summed E-state index contributed by atoms with van der Waals surface area (Å²) in [7, 11) is 0. The number of epoxide rings is 1. The van der Waals surface area contributed by atoms with Crippen molar-refractivity contribution in [2.24, 2.45) is 0 Å². The Morgan fingerprint density at radius 1 is 1.40 bits per heavy atom. The topological polar surface area (TPSA) is 32.8 Å². The SMILES string of the molecule is CC(C)(C)c1ccc(O)c(CC2CO2)c1. The van der Waals surface area contributed by atoms with Crippen molar-refractivity contribution < 1.29 is 9.84 Å². The molecule has 0 amide bonds. The molecule has 2 heteroatoms. The normalized spacial score (nSPS) is 20.3. The van der Waals surface area contributed by atoms with Crippen molar-refractivity contribution in [2.45, 2.75) is 38.7 Å². The second kappa shape index (κ2) is 3.53. The molecule has 0 aromatic heterocycles. The van der Waals surface area contributed by atoms with Crippen LogP contribution >= 0.6 is 0 Å². The minimum atomic E-state index is 0.132. The lowest BCUT2D eigenvalue weighted by molar-refractivity contribution is 0.401. The van der Waals surface area contributed by atoms with Crippen molar-refractivity contribution in [1.29, 1.82) is 0 Å². The van der Waals surface area contributed by atoms with E-state index in [9.17, 15) is 5.11 Å². The number of ether oxygens (including phenoxy) is 1. The second-order valence-electron chi connectivity index (χ2n) is 5.25. The molecule has 0 aliphatic carbocycles. The Morgan fingerprint density at radius 2 is 2.07 bits per heavy atom. The largest absolute Gasteiger partial charge is 0.508 e.